The molecule has 2 fully saturated rings. The molecule has 1 aromatic rings. The molecule has 3 heteroatoms. The highest BCUT2D eigenvalue weighted by Crippen LogP contribution is 2.33. The second-order valence-electron chi connectivity index (χ2n) is 6.58. The molecule has 0 aromatic heterocycles. The molecule has 114 valence electrons. The van der Waals surface area contributed by atoms with Gasteiger partial charge in [-0.1, -0.05) is 30.3 Å². The van der Waals surface area contributed by atoms with Gasteiger partial charge in [0.25, 0.3) is 0 Å². The van der Waals surface area contributed by atoms with Crippen LogP contribution in [0.15, 0.2) is 30.3 Å². The van der Waals surface area contributed by atoms with Gasteiger partial charge in [-0.15, -0.1) is 0 Å². The van der Waals surface area contributed by atoms with Crippen LogP contribution in [0.25, 0.3) is 0 Å². The van der Waals surface area contributed by atoms with Crippen molar-refractivity contribution in [2.75, 3.05) is 20.1 Å². The highest BCUT2D eigenvalue weighted by molar-refractivity contribution is 5.81. The zero-order chi connectivity index (χ0) is 14.8. The summed E-state index contributed by atoms with van der Waals surface area (Å²) < 4.78 is 0. The van der Waals surface area contributed by atoms with Crippen molar-refractivity contribution in [1.82, 2.24) is 9.80 Å². The highest BCUT2D eigenvalue weighted by atomic mass is 16.2. The van der Waals surface area contributed by atoms with Crippen molar-refractivity contribution >= 4 is 5.91 Å². The number of nitrogens with zero attached hydrogens (tertiary/aromatic N) is 2. The van der Waals surface area contributed by atoms with E-state index in [0.29, 0.717) is 23.9 Å². The third kappa shape index (κ3) is 3.29. The van der Waals surface area contributed by atoms with Crippen molar-refractivity contribution in [3.63, 3.8) is 0 Å². The molecule has 1 heterocycles. The second kappa shape index (κ2) is 6.18. The maximum absolute atomic E-state index is 12.2. The number of hydrogen-bond donors (Lipinski definition) is 0. The fourth-order valence-corrected chi connectivity index (χ4v) is 3.40. The van der Waals surface area contributed by atoms with E-state index in [1.807, 2.05) is 11.9 Å². The van der Waals surface area contributed by atoms with Crippen LogP contribution in [0.3, 0.4) is 0 Å². The standard InChI is InChI=1S/C18H26N2O/c1-14(15-6-4-3-5-7-15)20-12-10-17(11-13-20)19(2)18(21)16-8-9-16/h3-7,14,16-17H,8-13H2,1-2H3. The lowest BCUT2D eigenvalue weighted by atomic mass is 9.99. The van der Waals surface area contributed by atoms with E-state index >= 15 is 0 Å². The zero-order valence-electron chi connectivity index (χ0n) is 13.2. The van der Waals surface area contributed by atoms with Gasteiger partial charge in [-0.25, -0.2) is 0 Å². The first kappa shape index (κ1) is 14.6. The summed E-state index contributed by atoms with van der Waals surface area (Å²) in [7, 11) is 2.00. The van der Waals surface area contributed by atoms with Crippen LogP contribution in [0.2, 0.25) is 0 Å². The smallest absolute Gasteiger partial charge is 0.225 e. The zero-order valence-corrected chi connectivity index (χ0v) is 13.2. The molecule has 21 heavy (non-hydrogen) atoms. The second-order valence-corrected chi connectivity index (χ2v) is 6.58. The maximum Gasteiger partial charge on any atom is 0.225 e. The predicted octanol–water partition coefficient (Wildman–Crippen LogP) is 3.08. The molecule has 0 radical (unpaired) electrons. The summed E-state index contributed by atoms with van der Waals surface area (Å²) >= 11 is 0. The van der Waals surface area contributed by atoms with Crippen LogP contribution in [-0.4, -0.2) is 41.9 Å². The molecular formula is C18H26N2O. The number of likely N-dealkylation sites (tertiary alicyclic amines) is 1. The van der Waals surface area contributed by atoms with Crippen LogP contribution < -0.4 is 0 Å². The highest BCUT2D eigenvalue weighted by Gasteiger charge is 2.35. The van der Waals surface area contributed by atoms with Crippen molar-refractivity contribution in [3.8, 4) is 0 Å². The Bertz CT molecular complexity index is 475. The number of hydrogen-bond acceptors (Lipinski definition) is 2. The van der Waals surface area contributed by atoms with Gasteiger partial charge in [0.05, 0.1) is 0 Å². The fourth-order valence-electron chi connectivity index (χ4n) is 3.40. The van der Waals surface area contributed by atoms with E-state index in [0.717, 1.165) is 38.8 Å². The Hall–Kier alpha value is -1.35. The minimum atomic E-state index is 0.344. The summed E-state index contributed by atoms with van der Waals surface area (Å²) in [5, 5.41) is 0. The molecule has 0 N–H and O–H groups in total. The van der Waals surface area contributed by atoms with Crippen molar-refractivity contribution in [1.29, 1.82) is 0 Å². The van der Waals surface area contributed by atoms with Crippen LogP contribution >= 0.6 is 0 Å². The van der Waals surface area contributed by atoms with E-state index in [9.17, 15) is 4.79 Å². The molecular weight excluding hydrogens is 260 g/mol. The van der Waals surface area contributed by atoms with Crippen molar-refractivity contribution in [2.45, 2.75) is 44.7 Å². The van der Waals surface area contributed by atoms with Crippen LogP contribution in [0.4, 0.5) is 0 Å². The van der Waals surface area contributed by atoms with E-state index in [1.165, 1.54) is 5.56 Å². The first-order chi connectivity index (χ1) is 10.2. The van der Waals surface area contributed by atoms with E-state index in [4.69, 9.17) is 0 Å². The number of amides is 1. The molecule has 0 bridgehead atoms. The number of carbonyl (C=O) groups is 1. The molecule has 1 saturated carbocycles. The third-order valence-corrected chi connectivity index (χ3v) is 5.15. The maximum atomic E-state index is 12.2. The van der Waals surface area contributed by atoms with Gasteiger partial charge in [0.1, 0.15) is 0 Å². The topological polar surface area (TPSA) is 23.6 Å². The minimum Gasteiger partial charge on any atom is -0.342 e. The van der Waals surface area contributed by atoms with E-state index in [1.54, 1.807) is 0 Å². The summed E-state index contributed by atoms with van der Waals surface area (Å²) in [5.41, 5.74) is 1.39. The summed E-state index contributed by atoms with van der Waals surface area (Å²) in [6, 6.07) is 11.6. The fraction of sp³-hybridized carbons (Fsp3) is 0.611. The molecule has 1 amide bonds. The van der Waals surface area contributed by atoms with Crippen LogP contribution in [0, 0.1) is 5.92 Å². The van der Waals surface area contributed by atoms with Gasteiger partial charge >= 0.3 is 0 Å². The van der Waals surface area contributed by atoms with E-state index < -0.39 is 0 Å². The monoisotopic (exact) mass is 286 g/mol. The lowest BCUT2D eigenvalue weighted by Crippen LogP contribution is -2.46. The van der Waals surface area contributed by atoms with Gasteiger partial charge in [0, 0.05) is 38.1 Å². The number of benzene rings is 1. The molecule has 0 spiro atoms. The molecule has 3 rings (SSSR count). The van der Waals surface area contributed by atoms with Gasteiger partial charge in [0.2, 0.25) is 5.91 Å². The van der Waals surface area contributed by atoms with Crippen molar-refractivity contribution in [2.24, 2.45) is 5.92 Å². The normalized spacial score (nSPS) is 22.0. The van der Waals surface area contributed by atoms with Crippen LogP contribution in [-0.2, 0) is 4.79 Å². The molecule has 1 saturated heterocycles. The quantitative estimate of drug-likeness (QED) is 0.849. The third-order valence-electron chi connectivity index (χ3n) is 5.15. The Balaban J connectivity index is 1.54. The molecule has 1 aliphatic carbocycles. The van der Waals surface area contributed by atoms with Gasteiger partial charge in [-0.3, -0.25) is 9.69 Å². The molecule has 1 aliphatic heterocycles. The summed E-state index contributed by atoms with van der Waals surface area (Å²) in [6.45, 7) is 4.46. The molecule has 2 aliphatic rings. The van der Waals surface area contributed by atoms with Gasteiger partial charge < -0.3 is 4.90 Å². The average Bonchev–Trinajstić information content (AvgIpc) is 3.39. The van der Waals surface area contributed by atoms with E-state index in [2.05, 4.69) is 42.2 Å². The number of carbonyl (C=O) groups excluding carboxylic acids is 1. The lowest BCUT2D eigenvalue weighted by molar-refractivity contribution is -0.134. The van der Waals surface area contributed by atoms with Gasteiger partial charge in [-0.05, 0) is 38.2 Å². The molecule has 1 aromatic carbocycles. The Kier molecular flexibility index (Phi) is 4.29. The Morgan fingerprint density at radius 2 is 1.76 bits per heavy atom. The number of piperidine rings is 1. The summed E-state index contributed by atoms with van der Waals surface area (Å²) in [5.74, 6) is 0.723. The minimum absolute atomic E-state index is 0.344. The van der Waals surface area contributed by atoms with Crippen molar-refractivity contribution in [3.05, 3.63) is 35.9 Å². The Labute approximate surface area is 127 Å². The van der Waals surface area contributed by atoms with E-state index in [-0.39, 0.29) is 0 Å². The predicted molar refractivity (Wildman–Crippen MR) is 84.9 cm³/mol. The first-order valence-corrected chi connectivity index (χ1v) is 8.22. The lowest BCUT2D eigenvalue weighted by Gasteiger charge is -2.39. The Morgan fingerprint density at radius 3 is 2.33 bits per heavy atom. The summed E-state index contributed by atoms with van der Waals surface area (Å²) in [4.78, 5) is 16.7. The molecule has 1 atom stereocenters. The molecule has 3 nitrogen and oxygen atoms in total. The number of rotatable bonds is 4. The molecule has 1 unspecified atom stereocenters. The SMILES string of the molecule is CC(c1ccccc1)N1CCC(N(C)C(=O)C2CC2)CC1. The summed E-state index contributed by atoms with van der Waals surface area (Å²) in [6.07, 6.45) is 4.42. The first-order valence-electron chi connectivity index (χ1n) is 8.22. The van der Waals surface area contributed by atoms with Gasteiger partial charge in [0.15, 0.2) is 0 Å². The average molecular weight is 286 g/mol. The van der Waals surface area contributed by atoms with Crippen molar-refractivity contribution < 1.29 is 4.79 Å². The largest absolute Gasteiger partial charge is 0.342 e. The van der Waals surface area contributed by atoms with Crippen LogP contribution in [0.5, 0.6) is 0 Å². The van der Waals surface area contributed by atoms with Gasteiger partial charge in [-0.2, -0.15) is 0 Å². The van der Waals surface area contributed by atoms with Crippen LogP contribution in [0.1, 0.15) is 44.2 Å². The Morgan fingerprint density at radius 1 is 1.14 bits per heavy atom.